The first-order valence-corrected chi connectivity index (χ1v) is 8.52. The summed E-state index contributed by atoms with van der Waals surface area (Å²) in [5.74, 6) is 0.326. The molecule has 4 rings (SSSR count). The number of para-hydroxylation sites is 2. The van der Waals surface area contributed by atoms with Crippen LogP contribution in [0.15, 0.2) is 79.1 Å². The summed E-state index contributed by atoms with van der Waals surface area (Å²) in [6.45, 7) is 0.582. The molecule has 0 fully saturated rings. The summed E-state index contributed by atoms with van der Waals surface area (Å²) < 4.78 is 22.1. The average Bonchev–Trinajstić information content (AvgIpc) is 2.68. The second-order valence-corrected chi connectivity index (χ2v) is 5.90. The van der Waals surface area contributed by atoms with Crippen LogP contribution in [-0.4, -0.2) is 13.2 Å². The Kier molecular flexibility index (Phi) is 4.61. The van der Waals surface area contributed by atoms with Gasteiger partial charge in [0.15, 0.2) is 10.9 Å². The maximum absolute atomic E-state index is 12.0. The lowest BCUT2D eigenvalue weighted by molar-refractivity contribution is 0.192. The molecule has 0 aliphatic heterocycles. The van der Waals surface area contributed by atoms with Crippen molar-refractivity contribution in [2.75, 3.05) is 13.2 Å². The maximum atomic E-state index is 12.0. The summed E-state index contributed by atoms with van der Waals surface area (Å²) in [7, 11) is 0. The molecule has 2 heterocycles. The van der Waals surface area contributed by atoms with E-state index in [1.807, 2.05) is 0 Å². The Morgan fingerprint density at radius 1 is 0.667 bits per heavy atom. The fourth-order valence-corrected chi connectivity index (χ4v) is 2.71. The molecular formula is C21H16O6. The van der Waals surface area contributed by atoms with Crippen LogP contribution in [0.1, 0.15) is 6.42 Å². The van der Waals surface area contributed by atoms with E-state index in [1.165, 1.54) is 12.1 Å². The number of fused-ring (bicyclic) bond motifs is 2. The minimum absolute atomic E-state index is 0.152. The lowest BCUT2D eigenvalue weighted by Gasteiger charge is -2.07. The van der Waals surface area contributed by atoms with Crippen molar-refractivity contribution >= 4 is 21.9 Å². The van der Waals surface area contributed by atoms with Crippen molar-refractivity contribution in [3.05, 3.63) is 81.1 Å². The molecule has 0 N–H and O–H groups in total. The number of benzene rings is 2. The smallest absolute Gasteiger partial charge is 0.288 e. The van der Waals surface area contributed by atoms with Crippen LogP contribution in [0.2, 0.25) is 0 Å². The molecule has 6 nitrogen and oxygen atoms in total. The van der Waals surface area contributed by atoms with Crippen LogP contribution < -0.4 is 20.3 Å². The summed E-state index contributed by atoms with van der Waals surface area (Å²) in [6, 6.07) is 16.6. The summed E-state index contributed by atoms with van der Waals surface area (Å²) >= 11 is 0. The molecule has 0 bridgehead atoms. The van der Waals surface area contributed by atoms with E-state index in [2.05, 4.69) is 0 Å². The Balaban J connectivity index is 1.34. The average molecular weight is 364 g/mol. The zero-order valence-electron chi connectivity index (χ0n) is 14.3. The predicted octanol–water partition coefficient (Wildman–Crippen LogP) is 3.75. The van der Waals surface area contributed by atoms with E-state index < -0.39 is 0 Å². The predicted molar refractivity (Wildman–Crippen MR) is 101 cm³/mol. The van der Waals surface area contributed by atoms with Crippen LogP contribution in [0.4, 0.5) is 0 Å². The third-order valence-electron chi connectivity index (χ3n) is 4.00. The highest BCUT2D eigenvalue weighted by Crippen LogP contribution is 2.18. The van der Waals surface area contributed by atoms with E-state index in [-0.39, 0.29) is 22.8 Å². The zero-order chi connectivity index (χ0) is 18.6. The van der Waals surface area contributed by atoms with E-state index in [4.69, 9.17) is 18.3 Å². The Labute approximate surface area is 153 Å². The maximum Gasteiger partial charge on any atom is 0.288 e. The summed E-state index contributed by atoms with van der Waals surface area (Å²) in [5, 5.41) is 1.03. The highest BCUT2D eigenvalue weighted by molar-refractivity contribution is 5.77. The van der Waals surface area contributed by atoms with Crippen molar-refractivity contribution in [2.45, 2.75) is 6.42 Å². The quantitative estimate of drug-likeness (QED) is 0.485. The van der Waals surface area contributed by atoms with Gasteiger partial charge in [-0.25, -0.2) is 0 Å². The fourth-order valence-electron chi connectivity index (χ4n) is 2.71. The van der Waals surface area contributed by atoms with Gasteiger partial charge in [-0.3, -0.25) is 9.59 Å². The molecule has 0 saturated heterocycles. The first-order chi connectivity index (χ1) is 13.2. The largest absolute Gasteiger partial charge is 0.465 e. The van der Waals surface area contributed by atoms with Gasteiger partial charge in [-0.05, 0) is 24.3 Å². The standard InChI is InChI=1S/C21H16O6/c22-16-12-20(26-18-8-3-1-6-14(16)18)24-10-5-11-25-21-13-17(23)15-7-2-4-9-19(15)27-21/h1-4,6-9,12-13H,5,10-11H2. The van der Waals surface area contributed by atoms with Crippen LogP contribution in [-0.2, 0) is 0 Å². The van der Waals surface area contributed by atoms with Gasteiger partial charge in [-0.2, -0.15) is 0 Å². The summed E-state index contributed by atoms with van der Waals surface area (Å²) in [5.41, 5.74) is 0.658. The lowest BCUT2D eigenvalue weighted by atomic mass is 10.2. The molecule has 0 spiro atoms. The van der Waals surface area contributed by atoms with Gasteiger partial charge in [0.05, 0.1) is 36.1 Å². The van der Waals surface area contributed by atoms with Gasteiger partial charge in [-0.1, -0.05) is 24.3 Å². The van der Waals surface area contributed by atoms with E-state index >= 15 is 0 Å². The van der Waals surface area contributed by atoms with E-state index in [0.717, 1.165) is 0 Å². The van der Waals surface area contributed by atoms with Crippen LogP contribution in [0.3, 0.4) is 0 Å². The first kappa shape index (κ1) is 16.9. The second-order valence-electron chi connectivity index (χ2n) is 5.90. The molecule has 0 saturated carbocycles. The lowest BCUT2D eigenvalue weighted by Crippen LogP contribution is -2.08. The van der Waals surface area contributed by atoms with E-state index in [1.54, 1.807) is 48.5 Å². The van der Waals surface area contributed by atoms with Gasteiger partial charge in [0.2, 0.25) is 0 Å². The molecule has 136 valence electrons. The Morgan fingerprint density at radius 2 is 1.11 bits per heavy atom. The topological polar surface area (TPSA) is 78.9 Å². The van der Waals surface area contributed by atoms with Crippen LogP contribution in [0.5, 0.6) is 11.9 Å². The van der Waals surface area contributed by atoms with Crippen molar-refractivity contribution in [1.29, 1.82) is 0 Å². The highest BCUT2D eigenvalue weighted by Gasteiger charge is 2.06. The summed E-state index contributed by atoms with van der Waals surface area (Å²) in [4.78, 5) is 24.0. The van der Waals surface area contributed by atoms with Crippen molar-refractivity contribution in [3.8, 4) is 11.9 Å². The molecule has 6 heteroatoms. The number of hydrogen-bond acceptors (Lipinski definition) is 6. The normalized spacial score (nSPS) is 11.0. The fraction of sp³-hybridized carbons (Fsp3) is 0.143. The third kappa shape index (κ3) is 3.69. The first-order valence-electron chi connectivity index (χ1n) is 8.52. The molecule has 0 radical (unpaired) electrons. The van der Waals surface area contributed by atoms with Crippen LogP contribution >= 0.6 is 0 Å². The number of ether oxygens (including phenoxy) is 2. The Bertz CT molecular complexity index is 1110. The summed E-state index contributed by atoms with van der Waals surface area (Å²) in [6.07, 6.45) is 0.521. The molecule has 0 amide bonds. The molecule has 0 unspecified atom stereocenters. The van der Waals surface area contributed by atoms with Crippen molar-refractivity contribution in [2.24, 2.45) is 0 Å². The van der Waals surface area contributed by atoms with Crippen LogP contribution in [0.25, 0.3) is 21.9 Å². The second kappa shape index (κ2) is 7.37. The Hall–Kier alpha value is -3.54. The van der Waals surface area contributed by atoms with E-state index in [9.17, 15) is 9.59 Å². The van der Waals surface area contributed by atoms with Crippen molar-refractivity contribution in [3.63, 3.8) is 0 Å². The highest BCUT2D eigenvalue weighted by atomic mass is 16.6. The van der Waals surface area contributed by atoms with Gasteiger partial charge >= 0.3 is 0 Å². The van der Waals surface area contributed by atoms with Crippen molar-refractivity contribution in [1.82, 2.24) is 0 Å². The van der Waals surface area contributed by atoms with Gasteiger partial charge in [0.25, 0.3) is 11.9 Å². The number of hydrogen-bond donors (Lipinski definition) is 0. The molecule has 0 aliphatic carbocycles. The third-order valence-corrected chi connectivity index (χ3v) is 4.00. The molecule has 4 aromatic rings. The molecule has 0 aliphatic rings. The number of rotatable bonds is 6. The molecule has 2 aromatic carbocycles. The molecular weight excluding hydrogens is 348 g/mol. The zero-order valence-corrected chi connectivity index (χ0v) is 14.3. The monoisotopic (exact) mass is 364 g/mol. The van der Waals surface area contributed by atoms with Gasteiger partial charge in [-0.15, -0.1) is 0 Å². The molecule has 27 heavy (non-hydrogen) atoms. The van der Waals surface area contributed by atoms with Gasteiger partial charge < -0.3 is 18.3 Å². The minimum Gasteiger partial charge on any atom is -0.465 e. The van der Waals surface area contributed by atoms with Crippen molar-refractivity contribution < 1.29 is 18.3 Å². The Morgan fingerprint density at radius 3 is 1.59 bits per heavy atom. The SMILES string of the molecule is O=c1cc(OCCCOc2cc(=O)c3ccccc3o2)oc2ccccc12. The minimum atomic E-state index is -0.152. The van der Waals surface area contributed by atoms with Gasteiger partial charge in [0, 0.05) is 6.42 Å². The molecule has 2 aromatic heterocycles. The van der Waals surface area contributed by atoms with E-state index in [0.29, 0.717) is 41.6 Å². The van der Waals surface area contributed by atoms with Gasteiger partial charge in [0.1, 0.15) is 11.2 Å². The molecule has 0 atom stereocenters. The van der Waals surface area contributed by atoms with Crippen LogP contribution in [0, 0.1) is 0 Å².